The van der Waals surface area contributed by atoms with Crippen molar-refractivity contribution in [2.75, 3.05) is 38.1 Å². The molecular weight excluding hydrogens is 294 g/mol. The number of aliphatic hydroxyl groups is 1. The van der Waals surface area contributed by atoms with Gasteiger partial charge in [0.1, 0.15) is 0 Å². The third-order valence-corrected chi connectivity index (χ3v) is 4.12. The lowest BCUT2D eigenvalue weighted by atomic mass is 10.0. The van der Waals surface area contributed by atoms with Gasteiger partial charge in [-0.1, -0.05) is 6.42 Å². The maximum Gasteiger partial charge on any atom is 0.254 e. The highest BCUT2D eigenvalue weighted by Crippen LogP contribution is 2.16. The van der Waals surface area contributed by atoms with Crippen LogP contribution in [-0.2, 0) is 0 Å². The average Bonchev–Trinajstić information content (AvgIpc) is 2.60. The van der Waals surface area contributed by atoms with Crippen molar-refractivity contribution in [2.45, 2.75) is 38.6 Å². The van der Waals surface area contributed by atoms with Crippen LogP contribution in [0.4, 0.5) is 5.95 Å². The Balaban J connectivity index is 1.69. The van der Waals surface area contributed by atoms with E-state index in [1.165, 1.54) is 25.2 Å². The Morgan fingerprint density at radius 1 is 1.39 bits per heavy atom. The number of hydrogen-bond acceptors (Lipinski definition) is 6. The number of aliphatic hydroxyl groups excluding tert-OH is 1. The number of rotatable bonds is 8. The van der Waals surface area contributed by atoms with E-state index < -0.39 is 0 Å². The van der Waals surface area contributed by atoms with E-state index in [9.17, 15) is 9.90 Å². The summed E-state index contributed by atoms with van der Waals surface area (Å²) in [5.41, 5.74) is 0.470. The first kappa shape index (κ1) is 17.6. The van der Waals surface area contributed by atoms with Gasteiger partial charge in [-0.25, -0.2) is 9.97 Å². The fraction of sp³-hybridized carbons (Fsp3) is 0.688. The quantitative estimate of drug-likeness (QED) is 0.616. The summed E-state index contributed by atoms with van der Waals surface area (Å²) in [7, 11) is 0. The molecule has 3 N–H and O–H groups in total. The Labute approximate surface area is 137 Å². The van der Waals surface area contributed by atoms with E-state index in [0.29, 0.717) is 18.1 Å². The minimum Gasteiger partial charge on any atom is -0.395 e. The van der Waals surface area contributed by atoms with Gasteiger partial charge in [0.05, 0.1) is 12.2 Å². The summed E-state index contributed by atoms with van der Waals surface area (Å²) in [6.45, 7) is 5.50. The van der Waals surface area contributed by atoms with Gasteiger partial charge in [-0.3, -0.25) is 9.69 Å². The summed E-state index contributed by atoms with van der Waals surface area (Å²) in [6, 6.07) is 0.284. The molecule has 1 atom stereocenters. The van der Waals surface area contributed by atoms with Crippen LogP contribution in [0.25, 0.3) is 0 Å². The monoisotopic (exact) mass is 321 g/mol. The number of aromatic nitrogens is 2. The normalized spacial score (nSPS) is 18.6. The van der Waals surface area contributed by atoms with Gasteiger partial charge < -0.3 is 15.7 Å². The molecule has 1 aliphatic rings. The van der Waals surface area contributed by atoms with E-state index >= 15 is 0 Å². The average molecular weight is 321 g/mol. The fourth-order valence-corrected chi connectivity index (χ4v) is 2.84. The Morgan fingerprint density at radius 2 is 2.17 bits per heavy atom. The Morgan fingerprint density at radius 3 is 2.87 bits per heavy atom. The van der Waals surface area contributed by atoms with E-state index in [0.717, 1.165) is 32.5 Å². The van der Waals surface area contributed by atoms with Gasteiger partial charge in [-0.15, -0.1) is 0 Å². The molecule has 7 heteroatoms. The lowest BCUT2D eigenvalue weighted by Gasteiger charge is -2.34. The molecule has 1 fully saturated rings. The summed E-state index contributed by atoms with van der Waals surface area (Å²) in [5, 5.41) is 15.3. The first-order chi connectivity index (χ1) is 11.2. The van der Waals surface area contributed by atoms with Gasteiger partial charge in [0, 0.05) is 38.1 Å². The highest BCUT2D eigenvalue weighted by molar-refractivity contribution is 5.93. The van der Waals surface area contributed by atoms with Gasteiger partial charge in [-0.05, 0) is 32.7 Å². The molecule has 2 rings (SSSR count). The molecule has 0 unspecified atom stereocenters. The van der Waals surface area contributed by atoms with E-state index in [-0.39, 0.29) is 18.6 Å². The predicted molar refractivity (Wildman–Crippen MR) is 89.4 cm³/mol. The summed E-state index contributed by atoms with van der Waals surface area (Å²) in [5.74, 6) is 0.384. The molecule has 1 amide bonds. The maximum absolute atomic E-state index is 12.0. The van der Waals surface area contributed by atoms with Crippen LogP contribution in [0.15, 0.2) is 12.4 Å². The molecule has 1 aliphatic heterocycles. The molecule has 0 saturated carbocycles. The molecule has 1 aromatic rings. The lowest BCUT2D eigenvalue weighted by Crippen LogP contribution is -2.43. The van der Waals surface area contributed by atoms with Crippen molar-refractivity contribution in [3.8, 4) is 0 Å². The van der Waals surface area contributed by atoms with Gasteiger partial charge >= 0.3 is 0 Å². The Bertz CT molecular complexity index is 480. The van der Waals surface area contributed by atoms with Crippen molar-refractivity contribution in [1.29, 1.82) is 0 Å². The molecule has 0 aliphatic carbocycles. The third kappa shape index (κ3) is 5.44. The highest BCUT2D eigenvalue weighted by Gasteiger charge is 2.20. The number of amides is 1. The van der Waals surface area contributed by atoms with Crippen molar-refractivity contribution in [3.63, 3.8) is 0 Å². The number of nitrogens with zero attached hydrogens (tertiary/aromatic N) is 3. The van der Waals surface area contributed by atoms with E-state index in [2.05, 4.69) is 25.5 Å². The smallest absolute Gasteiger partial charge is 0.254 e. The lowest BCUT2D eigenvalue weighted by molar-refractivity contribution is 0.0868. The van der Waals surface area contributed by atoms with Crippen molar-refractivity contribution in [3.05, 3.63) is 18.0 Å². The Kier molecular flexibility index (Phi) is 7.22. The minimum absolute atomic E-state index is 0.148. The second-order valence-electron chi connectivity index (χ2n) is 5.80. The van der Waals surface area contributed by atoms with E-state index in [4.69, 9.17) is 0 Å². The number of hydrogen-bond donors (Lipinski definition) is 3. The van der Waals surface area contributed by atoms with Crippen LogP contribution in [0.5, 0.6) is 0 Å². The first-order valence-corrected chi connectivity index (χ1v) is 8.43. The summed E-state index contributed by atoms with van der Waals surface area (Å²) in [6.07, 6.45) is 7.40. The number of nitrogens with one attached hydrogen (secondary N) is 2. The summed E-state index contributed by atoms with van der Waals surface area (Å²) in [4.78, 5) is 22.5. The van der Waals surface area contributed by atoms with Gasteiger partial charge in [0.15, 0.2) is 0 Å². The molecule has 2 heterocycles. The van der Waals surface area contributed by atoms with Crippen LogP contribution < -0.4 is 10.6 Å². The molecule has 0 radical (unpaired) electrons. The topological polar surface area (TPSA) is 90.4 Å². The number of likely N-dealkylation sites (tertiary alicyclic amines) is 1. The summed E-state index contributed by atoms with van der Waals surface area (Å²) >= 11 is 0. The molecule has 23 heavy (non-hydrogen) atoms. The third-order valence-electron chi connectivity index (χ3n) is 4.12. The van der Waals surface area contributed by atoms with Crippen molar-refractivity contribution in [2.24, 2.45) is 0 Å². The molecular formula is C16H27N5O2. The predicted octanol–water partition coefficient (Wildman–Crippen LogP) is 0.875. The number of piperidine rings is 1. The molecule has 0 aromatic carbocycles. The molecule has 0 spiro atoms. The second-order valence-corrected chi connectivity index (χ2v) is 5.80. The van der Waals surface area contributed by atoms with Gasteiger partial charge in [0.25, 0.3) is 5.91 Å². The fourth-order valence-electron chi connectivity index (χ4n) is 2.84. The van der Waals surface area contributed by atoms with E-state index in [1.807, 2.05) is 6.92 Å². The largest absolute Gasteiger partial charge is 0.395 e. The van der Waals surface area contributed by atoms with Crippen LogP contribution in [0.1, 0.15) is 43.0 Å². The molecule has 1 aromatic heterocycles. The minimum atomic E-state index is -0.148. The van der Waals surface area contributed by atoms with Gasteiger partial charge in [0.2, 0.25) is 5.95 Å². The highest BCUT2D eigenvalue weighted by atomic mass is 16.3. The zero-order valence-electron chi connectivity index (χ0n) is 13.8. The number of anilines is 1. The molecule has 7 nitrogen and oxygen atoms in total. The van der Waals surface area contributed by atoms with Crippen molar-refractivity contribution < 1.29 is 9.90 Å². The molecule has 128 valence electrons. The summed E-state index contributed by atoms with van der Waals surface area (Å²) < 4.78 is 0. The zero-order chi connectivity index (χ0) is 16.5. The number of carbonyl (C=O) groups is 1. The molecule has 0 bridgehead atoms. The SMILES string of the molecule is CCNc1ncc(C(=O)NCCCN2CCCC[C@H]2CO)cn1. The van der Waals surface area contributed by atoms with Crippen LogP contribution in [0.3, 0.4) is 0 Å². The van der Waals surface area contributed by atoms with Crippen LogP contribution in [0.2, 0.25) is 0 Å². The van der Waals surface area contributed by atoms with Crippen LogP contribution >= 0.6 is 0 Å². The molecule has 1 saturated heterocycles. The zero-order valence-corrected chi connectivity index (χ0v) is 13.8. The van der Waals surface area contributed by atoms with E-state index in [1.54, 1.807) is 0 Å². The first-order valence-electron chi connectivity index (χ1n) is 8.43. The Hall–Kier alpha value is -1.73. The standard InChI is InChI=1S/C16H27N5O2/c1-2-17-16-19-10-13(11-20-16)15(23)18-7-5-9-21-8-4-3-6-14(21)12-22/h10-11,14,22H,2-9,12H2,1H3,(H,18,23)(H,17,19,20)/t14-/m0/s1. The number of carbonyl (C=O) groups excluding carboxylic acids is 1. The van der Waals surface area contributed by atoms with Gasteiger partial charge in [-0.2, -0.15) is 0 Å². The second kappa shape index (κ2) is 9.42. The van der Waals surface area contributed by atoms with Crippen molar-refractivity contribution >= 4 is 11.9 Å². The maximum atomic E-state index is 12.0. The van der Waals surface area contributed by atoms with Crippen molar-refractivity contribution in [1.82, 2.24) is 20.2 Å². The van der Waals surface area contributed by atoms with Crippen LogP contribution in [0, 0.1) is 0 Å². The van der Waals surface area contributed by atoms with Crippen LogP contribution in [-0.4, -0.2) is 64.7 Å².